The summed E-state index contributed by atoms with van der Waals surface area (Å²) in [6.07, 6.45) is 3.38. The second-order valence-electron chi connectivity index (χ2n) is 9.49. The maximum atomic E-state index is 11.5. The van der Waals surface area contributed by atoms with E-state index in [4.69, 9.17) is 9.47 Å². The van der Waals surface area contributed by atoms with Crippen LogP contribution < -0.4 is 0 Å². The Morgan fingerprint density at radius 3 is 1.51 bits per heavy atom. The molecule has 0 aromatic heterocycles. The summed E-state index contributed by atoms with van der Waals surface area (Å²) in [4.78, 5) is 65.5. The third-order valence-corrected chi connectivity index (χ3v) is 6.50. The molecule has 9 nitrogen and oxygen atoms in total. The van der Waals surface area contributed by atoms with Gasteiger partial charge in [-0.15, -0.1) is 6.58 Å². The Hall–Kier alpha value is -2.62. The molecule has 0 fully saturated rings. The summed E-state index contributed by atoms with van der Waals surface area (Å²) < 4.78 is 14.1. The van der Waals surface area contributed by atoms with Crippen molar-refractivity contribution in [2.45, 2.75) is 92.9 Å². The number of ether oxygens (including phenoxy) is 3. The van der Waals surface area contributed by atoms with Crippen molar-refractivity contribution < 1.29 is 43.0 Å². The lowest BCUT2D eigenvalue weighted by Gasteiger charge is -2.17. The van der Waals surface area contributed by atoms with Gasteiger partial charge in [-0.25, -0.2) is 0 Å². The highest BCUT2D eigenvalue weighted by Crippen LogP contribution is 2.18. The van der Waals surface area contributed by atoms with Crippen LogP contribution in [-0.2, 0) is 43.0 Å². The van der Waals surface area contributed by atoms with Gasteiger partial charge >= 0.3 is 17.9 Å². The van der Waals surface area contributed by atoms with E-state index >= 15 is 0 Å². The molecule has 37 heavy (non-hydrogen) atoms. The van der Waals surface area contributed by atoms with Gasteiger partial charge in [0.25, 0.3) is 0 Å². The number of Topliss-reactive ketones (excluding diaryl/α,β-unsaturated/α-hetero) is 3. The summed E-state index contributed by atoms with van der Waals surface area (Å²) in [5, 5.41) is 0. The average molecular weight is 545 g/mol. The second-order valence-corrected chi connectivity index (χ2v) is 15.1. The van der Waals surface area contributed by atoms with Crippen molar-refractivity contribution in [3.63, 3.8) is 0 Å². The molecule has 0 saturated heterocycles. The summed E-state index contributed by atoms with van der Waals surface area (Å²) in [5.74, 6) is -2.87. The first kappa shape index (κ1) is 38.9. The fourth-order valence-electron chi connectivity index (χ4n) is 2.82. The van der Waals surface area contributed by atoms with Gasteiger partial charge in [0.05, 0.1) is 19.8 Å². The van der Waals surface area contributed by atoms with Crippen LogP contribution in [0.1, 0.15) is 67.2 Å². The lowest BCUT2D eigenvalue weighted by molar-refractivity contribution is -0.152. The van der Waals surface area contributed by atoms with Crippen LogP contribution in [0.2, 0.25) is 25.7 Å². The Balaban J connectivity index is -0.000000490. The number of esters is 3. The minimum absolute atomic E-state index is 0.0750. The molecule has 214 valence electrons. The lowest BCUT2D eigenvalue weighted by atomic mass is 10.00. The SMILES string of the molecule is C=CCC(C(C)=O)C(=O)OCC.CCOC(=O)C(CCC[Si](C)(C)C)C(C)=O.CCOC(=O)CC(C)=O. The summed E-state index contributed by atoms with van der Waals surface area (Å²) in [5.41, 5.74) is 0. The van der Waals surface area contributed by atoms with Crippen LogP contribution in [0, 0.1) is 11.8 Å². The van der Waals surface area contributed by atoms with Crippen molar-refractivity contribution in [2.75, 3.05) is 19.8 Å². The summed E-state index contributed by atoms with van der Waals surface area (Å²) in [7, 11) is -1.08. The predicted octanol–water partition coefficient (Wildman–Crippen LogP) is 4.73. The van der Waals surface area contributed by atoms with E-state index in [9.17, 15) is 28.8 Å². The van der Waals surface area contributed by atoms with Crippen LogP contribution in [0.3, 0.4) is 0 Å². The number of allylic oxidation sites excluding steroid dienone is 1. The van der Waals surface area contributed by atoms with Gasteiger partial charge in [0.2, 0.25) is 0 Å². The van der Waals surface area contributed by atoms with Crippen LogP contribution >= 0.6 is 0 Å². The first-order valence-electron chi connectivity index (χ1n) is 12.7. The zero-order chi connectivity index (χ0) is 29.6. The fourth-order valence-corrected chi connectivity index (χ4v) is 4.08. The number of hydrogen-bond acceptors (Lipinski definition) is 9. The van der Waals surface area contributed by atoms with Gasteiger partial charge in [-0.3, -0.25) is 28.8 Å². The molecular weight excluding hydrogens is 496 g/mol. The molecule has 0 spiro atoms. The molecule has 0 aliphatic heterocycles. The van der Waals surface area contributed by atoms with Crippen LogP contribution in [0.4, 0.5) is 0 Å². The third-order valence-electron chi connectivity index (χ3n) is 4.64. The zero-order valence-corrected chi connectivity index (χ0v) is 25.3. The fraction of sp³-hybridized carbons (Fsp3) is 0.704. The second kappa shape index (κ2) is 22.6. The molecule has 0 saturated carbocycles. The van der Waals surface area contributed by atoms with Gasteiger partial charge < -0.3 is 14.2 Å². The summed E-state index contributed by atoms with van der Waals surface area (Å²) >= 11 is 0. The topological polar surface area (TPSA) is 130 Å². The van der Waals surface area contributed by atoms with Crippen molar-refractivity contribution in [1.82, 2.24) is 0 Å². The monoisotopic (exact) mass is 544 g/mol. The van der Waals surface area contributed by atoms with Crippen LogP contribution in [0.5, 0.6) is 0 Å². The van der Waals surface area contributed by atoms with E-state index in [-0.39, 0.29) is 29.7 Å². The van der Waals surface area contributed by atoms with Gasteiger partial charge in [-0.2, -0.15) is 0 Å². The molecule has 0 N–H and O–H groups in total. The third kappa shape index (κ3) is 24.8. The Morgan fingerprint density at radius 2 is 1.19 bits per heavy atom. The zero-order valence-electron chi connectivity index (χ0n) is 24.3. The molecule has 0 aromatic rings. The van der Waals surface area contributed by atoms with Gasteiger partial charge in [0.1, 0.15) is 35.6 Å². The van der Waals surface area contributed by atoms with Crippen molar-refractivity contribution in [3.05, 3.63) is 12.7 Å². The number of ketones is 3. The van der Waals surface area contributed by atoms with E-state index in [1.807, 2.05) is 0 Å². The molecule has 10 heteroatoms. The number of carbonyl (C=O) groups is 6. The van der Waals surface area contributed by atoms with Crippen molar-refractivity contribution in [1.29, 1.82) is 0 Å². The number of hydrogen-bond donors (Lipinski definition) is 0. The van der Waals surface area contributed by atoms with Crippen LogP contribution in [0.25, 0.3) is 0 Å². The largest absolute Gasteiger partial charge is 0.466 e. The van der Waals surface area contributed by atoms with Gasteiger partial charge in [-0.1, -0.05) is 38.2 Å². The normalized spacial score (nSPS) is 11.7. The minimum atomic E-state index is -1.08. The summed E-state index contributed by atoms with van der Waals surface area (Å²) in [6.45, 7) is 20.7. The first-order chi connectivity index (χ1) is 17.1. The molecule has 0 aromatic carbocycles. The van der Waals surface area contributed by atoms with Crippen molar-refractivity contribution >= 4 is 43.3 Å². The number of rotatable bonds is 15. The maximum absolute atomic E-state index is 11.5. The van der Waals surface area contributed by atoms with E-state index in [2.05, 4.69) is 31.0 Å². The molecule has 0 heterocycles. The Labute approximate surface area is 223 Å². The molecule has 0 bridgehead atoms. The minimum Gasteiger partial charge on any atom is -0.466 e. The van der Waals surface area contributed by atoms with Crippen molar-refractivity contribution in [2.24, 2.45) is 11.8 Å². The van der Waals surface area contributed by atoms with Crippen LogP contribution in [0.15, 0.2) is 12.7 Å². The molecular formula is C27H48O9Si. The maximum Gasteiger partial charge on any atom is 0.316 e. The molecule has 2 atom stereocenters. The standard InChI is InChI=1S/C12H24O3Si.C9H14O3.C6H10O3/c1-6-15-12(14)11(10(2)13)8-7-9-16(3,4)5;1-4-6-8(7(3)10)9(11)12-5-2;1-3-9-6(8)4-5(2)7/h11H,6-9H2,1-5H3;4,8H,1,5-6H2,2-3H3;3-4H2,1-2H3. The van der Waals surface area contributed by atoms with Gasteiger partial charge in [0, 0.05) is 8.07 Å². The van der Waals surface area contributed by atoms with E-state index in [1.165, 1.54) is 20.8 Å². The van der Waals surface area contributed by atoms with E-state index < -0.39 is 31.8 Å². The molecule has 0 radical (unpaired) electrons. The first-order valence-corrected chi connectivity index (χ1v) is 16.4. The Bertz CT molecular complexity index is 739. The highest BCUT2D eigenvalue weighted by atomic mass is 28.3. The average Bonchev–Trinajstić information content (AvgIpc) is 2.74. The molecule has 2 unspecified atom stereocenters. The van der Waals surface area contributed by atoms with E-state index in [1.54, 1.807) is 26.8 Å². The quantitative estimate of drug-likeness (QED) is 0.0943. The molecule has 0 amide bonds. The summed E-state index contributed by atoms with van der Waals surface area (Å²) in [6, 6.07) is 1.15. The molecule has 0 rings (SSSR count). The Morgan fingerprint density at radius 1 is 0.757 bits per heavy atom. The molecule has 0 aliphatic carbocycles. The van der Waals surface area contributed by atoms with Crippen molar-refractivity contribution in [3.8, 4) is 0 Å². The predicted molar refractivity (Wildman–Crippen MR) is 146 cm³/mol. The van der Waals surface area contributed by atoms with Gasteiger partial charge in [0.15, 0.2) is 0 Å². The number of carbonyl (C=O) groups excluding carboxylic acids is 6. The Kier molecular flexibility index (Phi) is 23.7. The smallest absolute Gasteiger partial charge is 0.316 e. The highest BCUT2D eigenvalue weighted by Gasteiger charge is 2.25. The lowest BCUT2D eigenvalue weighted by Crippen LogP contribution is -2.26. The molecule has 0 aliphatic rings. The highest BCUT2D eigenvalue weighted by molar-refractivity contribution is 6.76. The van der Waals surface area contributed by atoms with E-state index in [0.717, 1.165) is 12.5 Å². The van der Waals surface area contributed by atoms with E-state index in [0.29, 0.717) is 32.7 Å². The van der Waals surface area contributed by atoms with Gasteiger partial charge in [-0.05, 0) is 54.4 Å². The van der Waals surface area contributed by atoms with Crippen LogP contribution in [-0.4, -0.2) is 63.2 Å².